The molecule has 0 unspecified atom stereocenters. The number of rotatable bonds is 8. The van der Waals surface area contributed by atoms with Crippen molar-refractivity contribution in [3.05, 3.63) is 71.7 Å². The van der Waals surface area contributed by atoms with Crippen LogP contribution in [0.15, 0.2) is 54.9 Å². The minimum absolute atomic E-state index is 0.285. The maximum Gasteiger partial charge on any atom is 0.270 e. The van der Waals surface area contributed by atoms with Gasteiger partial charge in [-0.2, -0.15) is 0 Å². The van der Waals surface area contributed by atoms with Gasteiger partial charge in [0.15, 0.2) is 11.5 Å². The zero-order valence-electron chi connectivity index (χ0n) is 16.7. The molecule has 0 radical (unpaired) electrons. The molecule has 0 atom stereocenters. The summed E-state index contributed by atoms with van der Waals surface area (Å²) in [7, 11) is 3.16. The predicted octanol–water partition coefficient (Wildman–Crippen LogP) is 3.73. The van der Waals surface area contributed by atoms with Gasteiger partial charge in [-0.15, -0.1) is 0 Å². The minimum Gasteiger partial charge on any atom is -0.493 e. The standard InChI is InChI=1S/C22H24N4O3/c1-4-15-5-8-17(9-6-15)26-21-12-18(24-14-25-21)22(27)23-13-16-7-10-19(28-2)20(11-16)29-3/h5-12,14H,4,13H2,1-3H3,(H,23,27)(H,24,25,26). The van der Waals surface area contributed by atoms with Crippen molar-refractivity contribution in [2.45, 2.75) is 19.9 Å². The van der Waals surface area contributed by atoms with Gasteiger partial charge < -0.3 is 20.1 Å². The highest BCUT2D eigenvalue weighted by Gasteiger charge is 2.10. The van der Waals surface area contributed by atoms with E-state index in [1.165, 1.54) is 11.9 Å². The molecule has 0 saturated carbocycles. The molecule has 0 aliphatic rings. The zero-order chi connectivity index (χ0) is 20.6. The first-order valence-corrected chi connectivity index (χ1v) is 9.30. The Morgan fingerprint density at radius 2 is 1.66 bits per heavy atom. The maximum atomic E-state index is 12.5. The van der Waals surface area contributed by atoms with Crippen molar-refractivity contribution in [2.24, 2.45) is 0 Å². The number of carbonyl (C=O) groups is 1. The number of nitrogens with one attached hydrogen (secondary N) is 2. The third-order valence-corrected chi connectivity index (χ3v) is 4.44. The summed E-state index contributed by atoms with van der Waals surface area (Å²) < 4.78 is 10.5. The van der Waals surface area contributed by atoms with Crippen LogP contribution in [0, 0.1) is 0 Å². The number of aromatic nitrogens is 2. The van der Waals surface area contributed by atoms with Crippen molar-refractivity contribution >= 4 is 17.4 Å². The van der Waals surface area contributed by atoms with Crippen LogP contribution >= 0.6 is 0 Å². The van der Waals surface area contributed by atoms with E-state index in [1.807, 2.05) is 24.3 Å². The lowest BCUT2D eigenvalue weighted by Gasteiger charge is -2.11. The van der Waals surface area contributed by atoms with Crippen LogP contribution in [0.2, 0.25) is 0 Å². The zero-order valence-corrected chi connectivity index (χ0v) is 16.7. The van der Waals surface area contributed by atoms with E-state index in [2.05, 4.69) is 39.7 Å². The number of methoxy groups -OCH3 is 2. The largest absolute Gasteiger partial charge is 0.493 e. The van der Waals surface area contributed by atoms with E-state index in [0.717, 1.165) is 17.7 Å². The fourth-order valence-electron chi connectivity index (χ4n) is 2.78. The van der Waals surface area contributed by atoms with Gasteiger partial charge in [-0.1, -0.05) is 25.1 Å². The van der Waals surface area contributed by atoms with Crippen LogP contribution < -0.4 is 20.1 Å². The molecule has 2 aromatic carbocycles. The van der Waals surface area contributed by atoms with Crippen molar-refractivity contribution < 1.29 is 14.3 Å². The average Bonchev–Trinajstić information content (AvgIpc) is 2.78. The number of hydrogen-bond donors (Lipinski definition) is 2. The fraction of sp³-hybridized carbons (Fsp3) is 0.227. The average molecular weight is 392 g/mol. The molecule has 2 N–H and O–H groups in total. The molecule has 1 aromatic heterocycles. The molecule has 3 aromatic rings. The Hall–Kier alpha value is -3.61. The summed E-state index contributed by atoms with van der Waals surface area (Å²) >= 11 is 0. The summed E-state index contributed by atoms with van der Waals surface area (Å²) in [6.07, 6.45) is 2.35. The van der Waals surface area contributed by atoms with Crippen molar-refractivity contribution in [3.63, 3.8) is 0 Å². The second kappa shape index (κ2) is 9.54. The summed E-state index contributed by atoms with van der Waals surface area (Å²) in [6, 6.07) is 15.2. The molecule has 0 aliphatic carbocycles. The minimum atomic E-state index is -0.286. The second-order valence-electron chi connectivity index (χ2n) is 6.34. The number of hydrogen-bond acceptors (Lipinski definition) is 6. The van der Waals surface area contributed by atoms with Crippen LogP contribution in [0.25, 0.3) is 0 Å². The molecule has 0 aliphatic heterocycles. The SMILES string of the molecule is CCc1ccc(Nc2cc(C(=O)NCc3ccc(OC)c(OC)c3)ncn2)cc1. The molecule has 0 fully saturated rings. The molecule has 150 valence electrons. The highest BCUT2D eigenvalue weighted by atomic mass is 16.5. The Morgan fingerprint density at radius 1 is 0.931 bits per heavy atom. The Balaban J connectivity index is 1.64. The van der Waals surface area contributed by atoms with Crippen molar-refractivity contribution in [1.29, 1.82) is 0 Å². The molecular weight excluding hydrogens is 368 g/mol. The first-order valence-electron chi connectivity index (χ1n) is 9.30. The van der Waals surface area contributed by atoms with Gasteiger partial charge in [-0.3, -0.25) is 4.79 Å². The van der Waals surface area contributed by atoms with E-state index < -0.39 is 0 Å². The van der Waals surface area contributed by atoms with Crippen molar-refractivity contribution in [3.8, 4) is 11.5 Å². The van der Waals surface area contributed by atoms with Gasteiger partial charge in [-0.05, 0) is 41.8 Å². The van der Waals surface area contributed by atoms with Crippen LogP contribution in [-0.4, -0.2) is 30.1 Å². The Morgan fingerprint density at radius 3 is 2.34 bits per heavy atom. The van der Waals surface area contributed by atoms with Gasteiger partial charge in [0.2, 0.25) is 0 Å². The van der Waals surface area contributed by atoms with Crippen molar-refractivity contribution in [2.75, 3.05) is 19.5 Å². The van der Waals surface area contributed by atoms with Gasteiger partial charge >= 0.3 is 0 Å². The summed E-state index contributed by atoms with van der Waals surface area (Å²) in [6.45, 7) is 2.45. The third-order valence-electron chi connectivity index (χ3n) is 4.44. The normalized spacial score (nSPS) is 10.3. The lowest BCUT2D eigenvalue weighted by molar-refractivity contribution is 0.0945. The van der Waals surface area contributed by atoms with E-state index >= 15 is 0 Å². The highest BCUT2D eigenvalue weighted by molar-refractivity contribution is 5.92. The van der Waals surface area contributed by atoms with E-state index in [9.17, 15) is 4.79 Å². The molecule has 1 heterocycles. The number of nitrogens with zero attached hydrogens (tertiary/aromatic N) is 2. The molecule has 0 saturated heterocycles. The predicted molar refractivity (Wildman–Crippen MR) is 112 cm³/mol. The van der Waals surface area contributed by atoms with Crippen LogP contribution in [0.3, 0.4) is 0 Å². The monoisotopic (exact) mass is 392 g/mol. The van der Waals surface area contributed by atoms with Crippen LogP contribution in [0.1, 0.15) is 28.5 Å². The summed E-state index contributed by atoms with van der Waals surface area (Å²) in [5.74, 6) is 1.52. The second-order valence-corrected chi connectivity index (χ2v) is 6.34. The van der Waals surface area contributed by atoms with Gasteiger partial charge in [0.25, 0.3) is 5.91 Å². The topological polar surface area (TPSA) is 85.4 Å². The summed E-state index contributed by atoms with van der Waals surface area (Å²) in [5.41, 5.74) is 3.33. The number of carbonyl (C=O) groups excluding carboxylic acids is 1. The van der Waals surface area contributed by atoms with Gasteiger partial charge in [-0.25, -0.2) is 9.97 Å². The summed E-state index contributed by atoms with van der Waals surface area (Å²) in [4.78, 5) is 20.8. The number of aryl methyl sites for hydroxylation is 1. The Kier molecular flexibility index (Phi) is 6.63. The Labute approximate surface area is 170 Å². The fourth-order valence-corrected chi connectivity index (χ4v) is 2.78. The molecule has 29 heavy (non-hydrogen) atoms. The molecular formula is C22H24N4O3. The molecule has 3 rings (SSSR count). The summed E-state index contributed by atoms with van der Waals surface area (Å²) in [5, 5.41) is 6.05. The molecule has 0 spiro atoms. The molecule has 7 nitrogen and oxygen atoms in total. The number of benzene rings is 2. The first-order chi connectivity index (χ1) is 14.1. The lowest BCUT2D eigenvalue weighted by Crippen LogP contribution is -2.24. The van der Waals surface area contributed by atoms with Crippen LogP contribution in [-0.2, 0) is 13.0 Å². The van der Waals surface area contributed by atoms with Gasteiger partial charge in [0.05, 0.1) is 14.2 Å². The Bertz CT molecular complexity index is 974. The van der Waals surface area contributed by atoms with Crippen molar-refractivity contribution in [1.82, 2.24) is 15.3 Å². The van der Waals surface area contributed by atoms with Gasteiger partial charge in [0.1, 0.15) is 17.8 Å². The third kappa shape index (κ3) is 5.22. The van der Waals surface area contributed by atoms with E-state index in [1.54, 1.807) is 26.4 Å². The molecule has 7 heteroatoms. The first kappa shape index (κ1) is 20.1. The smallest absolute Gasteiger partial charge is 0.270 e. The van der Waals surface area contributed by atoms with E-state index in [4.69, 9.17) is 9.47 Å². The van der Waals surface area contributed by atoms with Gasteiger partial charge in [0, 0.05) is 18.3 Å². The van der Waals surface area contributed by atoms with E-state index in [0.29, 0.717) is 23.9 Å². The molecule has 1 amide bonds. The van der Waals surface area contributed by atoms with E-state index in [-0.39, 0.29) is 11.6 Å². The van der Waals surface area contributed by atoms with Crippen LogP contribution in [0.5, 0.6) is 11.5 Å². The maximum absolute atomic E-state index is 12.5. The number of anilines is 2. The lowest BCUT2D eigenvalue weighted by atomic mass is 10.1. The van der Waals surface area contributed by atoms with Crippen LogP contribution in [0.4, 0.5) is 11.5 Å². The molecule has 0 bridgehead atoms. The number of ether oxygens (including phenoxy) is 2. The quantitative estimate of drug-likeness (QED) is 0.608. The highest BCUT2D eigenvalue weighted by Crippen LogP contribution is 2.27. The number of amides is 1.